The lowest BCUT2D eigenvalue weighted by Gasteiger charge is -2.01. The number of aryl methyl sites for hydroxylation is 1. The molecule has 4 nitrogen and oxygen atoms in total. The van der Waals surface area contributed by atoms with Crippen molar-refractivity contribution >= 4 is 39.7 Å². The van der Waals surface area contributed by atoms with Gasteiger partial charge in [0.2, 0.25) is 0 Å². The fraction of sp³-hybridized carbons (Fsp3) is 0.125. The molecule has 0 fully saturated rings. The smallest absolute Gasteiger partial charge is 0.291 e. The summed E-state index contributed by atoms with van der Waals surface area (Å²) in [6, 6.07) is 17.2. The van der Waals surface area contributed by atoms with Crippen LogP contribution in [0.15, 0.2) is 54.6 Å². The Morgan fingerprint density at radius 1 is 1.10 bits per heavy atom. The number of aromatic nitrogens is 2. The van der Waals surface area contributed by atoms with E-state index in [4.69, 9.17) is 5.73 Å². The van der Waals surface area contributed by atoms with Gasteiger partial charge in [0.1, 0.15) is 17.6 Å². The average Bonchev–Trinajstić information content (AvgIpc) is 2.74. The van der Waals surface area contributed by atoms with Gasteiger partial charge < -0.3 is 0 Å². The van der Waals surface area contributed by atoms with Gasteiger partial charge >= 0.3 is 5.95 Å². The molecule has 5 heteroatoms. The number of nitrogen functional groups attached to an aromatic ring is 1. The van der Waals surface area contributed by atoms with Crippen LogP contribution in [0, 0.1) is 0 Å². The molecule has 0 bridgehead atoms. The molecular formula is C16H17BrN3O+. The average molecular weight is 347 g/mol. The van der Waals surface area contributed by atoms with Crippen LogP contribution in [-0.4, -0.2) is 10.4 Å². The van der Waals surface area contributed by atoms with Crippen molar-refractivity contribution in [1.82, 2.24) is 4.57 Å². The van der Waals surface area contributed by atoms with E-state index in [1.807, 2.05) is 70.8 Å². The van der Waals surface area contributed by atoms with Crippen molar-refractivity contribution in [2.45, 2.75) is 6.54 Å². The summed E-state index contributed by atoms with van der Waals surface area (Å²) in [5, 5.41) is 0. The van der Waals surface area contributed by atoms with Crippen molar-refractivity contribution in [3.05, 3.63) is 60.2 Å². The first-order valence-electron chi connectivity index (χ1n) is 6.49. The highest BCUT2D eigenvalue weighted by atomic mass is 79.9. The summed E-state index contributed by atoms with van der Waals surface area (Å²) in [7, 11) is 1.90. The van der Waals surface area contributed by atoms with E-state index >= 15 is 0 Å². The molecule has 0 aliphatic heterocycles. The maximum atomic E-state index is 12.3. The molecule has 108 valence electrons. The van der Waals surface area contributed by atoms with E-state index in [1.54, 1.807) is 0 Å². The van der Waals surface area contributed by atoms with E-state index < -0.39 is 0 Å². The van der Waals surface area contributed by atoms with Crippen LogP contribution in [-0.2, 0) is 13.6 Å². The molecular weight excluding hydrogens is 330 g/mol. The fourth-order valence-corrected chi connectivity index (χ4v) is 2.43. The molecule has 0 radical (unpaired) electrons. The number of halogens is 1. The minimum Gasteiger partial charge on any atom is -0.291 e. The molecule has 0 aliphatic rings. The second-order valence-corrected chi connectivity index (χ2v) is 4.78. The minimum absolute atomic E-state index is 0. The maximum Gasteiger partial charge on any atom is 0.356 e. The van der Waals surface area contributed by atoms with Crippen LogP contribution >= 0.6 is 17.0 Å². The highest BCUT2D eigenvalue weighted by molar-refractivity contribution is 8.93. The molecule has 3 aromatic rings. The van der Waals surface area contributed by atoms with Gasteiger partial charge in [0.15, 0.2) is 5.78 Å². The topological polar surface area (TPSA) is 51.9 Å². The number of Topliss-reactive ketones (excluding diaryl/α,β-unsaturated/α-hetero) is 1. The quantitative estimate of drug-likeness (QED) is 0.585. The third kappa shape index (κ3) is 2.69. The van der Waals surface area contributed by atoms with Gasteiger partial charge in [-0.2, -0.15) is 0 Å². The second-order valence-electron chi connectivity index (χ2n) is 4.78. The summed E-state index contributed by atoms with van der Waals surface area (Å²) in [6.07, 6.45) is 0. The summed E-state index contributed by atoms with van der Waals surface area (Å²) in [5.41, 5.74) is 8.81. The number of nitrogens with two attached hydrogens (primary N) is 1. The monoisotopic (exact) mass is 346 g/mol. The Hall–Kier alpha value is -2.14. The Kier molecular flexibility index (Phi) is 4.43. The molecule has 3 rings (SSSR count). The first kappa shape index (κ1) is 15.3. The molecule has 0 spiro atoms. The van der Waals surface area contributed by atoms with Crippen LogP contribution in [0.5, 0.6) is 0 Å². The van der Waals surface area contributed by atoms with Crippen LogP contribution in [0.1, 0.15) is 10.4 Å². The molecule has 1 heterocycles. The molecule has 0 saturated carbocycles. The molecule has 0 saturated heterocycles. The summed E-state index contributed by atoms with van der Waals surface area (Å²) >= 11 is 0. The third-order valence-corrected chi connectivity index (χ3v) is 3.55. The van der Waals surface area contributed by atoms with Gasteiger partial charge in [0, 0.05) is 5.56 Å². The molecule has 2 aromatic carbocycles. The lowest BCUT2D eigenvalue weighted by Crippen LogP contribution is -2.31. The molecule has 0 amide bonds. The zero-order chi connectivity index (χ0) is 14.1. The van der Waals surface area contributed by atoms with Crippen LogP contribution in [0.25, 0.3) is 11.0 Å². The number of para-hydroxylation sites is 2. The lowest BCUT2D eigenvalue weighted by atomic mass is 10.1. The largest absolute Gasteiger partial charge is 0.356 e. The first-order chi connectivity index (χ1) is 9.68. The highest BCUT2D eigenvalue weighted by Crippen LogP contribution is 2.16. The zero-order valence-corrected chi connectivity index (χ0v) is 13.4. The number of hydrogen-bond donors (Lipinski definition) is 1. The number of imidazole rings is 1. The third-order valence-electron chi connectivity index (χ3n) is 3.55. The van der Waals surface area contributed by atoms with Crippen LogP contribution in [0.2, 0.25) is 0 Å². The number of fused-ring (bicyclic) bond motifs is 1. The van der Waals surface area contributed by atoms with Crippen molar-refractivity contribution in [2.75, 3.05) is 5.73 Å². The number of anilines is 1. The van der Waals surface area contributed by atoms with Gasteiger partial charge in [-0.1, -0.05) is 42.5 Å². The number of benzene rings is 2. The fourth-order valence-electron chi connectivity index (χ4n) is 2.43. The Labute approximate surface area is 133 Å². The van der Waals surface area contributed by atoms with E-state index in [2.05, 4.69) is 0 Å². The predicted octanol–water partition coefficient (Wildman–Crippen LogP) is 2.51. The van der Waals surface area contributed by atoms with E-state index in [9.17, 15) is 4.79 Å². The van der Waals surface area contributed by atoms with Gasteiger partial charge in [-0.3, -0.25) is 10.5 Å². The standard InChI is InChI=1S/C16H15N3O.BrH/c1-18-13-9-5-6-10-14(13)19(16(18)17)11-15(20)12-7-3-2-4-8-12;/h2-10,17H,11H2,1H3;1H/p+1. The van der Waals surface area contributed by atoms with Gasteiger partial charge in [-0.25, -0.2) is 9.13 Å². The number of ketones is 1. The molecule has 0 unspecified atom stereocenters. The SMILES string of the molecule is Br.C[n+]1c(N)n(CC(=O)c2ccccc2)c2ccccc21. The second kappa shape index (κ2) is 6.10. The Balaban J connectivity index is 0.00000161. The highest BCUT2D eigenvalue weighted by Gasteiger charge is 2.20. The molecule has 2 N–H and O–H groups in total. The summed E-state index contributed by atoms with van der Waals surface area (Å²) in [4.78, 5) is 12.3. The zero-order valence-electron chi connectivity index (χ0n) is 11.7. The summed E-state index contributed by atoms with van der Waals surface area (Å²) < 4.78 is 3.75. The minimum atomic E-state index is 0. The Morgan fingerprint density at radius 2 is 1.71 bits per heavy atom. The van der Waals surface area contributed by atoms with Gasteiger partial charge in [-0.05, 0) is 12.1 Å². The number of rotatable bonds is 3. The van der Waals surface area contributed by atoms with E-state index in [0.717, 1.165) is 11.0 Å². The predicted molar refractivity (Wildman–Crippen MR) is 88.6 cm³/mol. The van der Waals surface area contributed by atoms with Crippen molar-refractivity contribution < 1.29 is 9.36 Å². The van der Waals surface area contributed by atoms with Crippen molar-refractivity contribution in [2.24, 2.45) is 7.05 Å². The van der Waals surface area contributed by atoms with Crippen LogP contribution < -0.4 is 10.3 Å². The van der Waals surface area contributed by atoms with Crippen molar-refractivity contribution in [3.8, 4) is 0 Å². The Bertz CT molecular complexity index is 781. The lowest BCUT2D eigenvalue weighted by molar-refractivity contribution is -0.630. The van der Waals surface area contributed by atoms with E-state index in [-0.39, 0.29) is 29.3 Å². The van der Waals surface area contributed by atoms with E-state index in [1.165, 1.54) is 0 Å². The molecule has 0 atom stereocenters. The normalized spacial score (nSPS) is 10.3. The van der Waals surface area contributed by atoms with Gasteiger partial charge in [0.05, 0.1) is 7.05 Å². The van der Waals surface area contributed by atoms with Crippen LogP contribution in [0.4, 0.5) is 5.95 Å². The summed E-state index contributed by atoms with van der Waals surface area (Å²) in [6.45, 7) is 0.247. The Morgan fingerprint density at radius 3 is 2.43 bits per heavy atom. The van der Waals surface area contributed by atoms with E-state index in [0.29, 0.717) is 11.5 Å². The van der Waals surface area contributed by atoms with Crippen molar-refractivity contribution in [3.63, 3.8) is 0 Å². The van der Waals surface area contributed by atoms with Crippen LogP contribution in [0.3, 0.4) is 0 Å². The summed E-state index contributed by atoms with van der Waals surface area (Å²) in [5.74, 6) is 0.633. The first-order valence-corrected chi connectivity index (χ1v) is 6.49. The molecule has 21 heavy (non-hydrogen) atoms. The van der Waals surface area contributed by atoms with Gasteiger partial charge in [0.25, 0.3) is 0 Å². The maximum absolute atomic E-state index is 12.3. The molecule has 0 aliphatic carbocycles. The number of carbonyl (C=O) groups excluding carboxylic acids is 1. The number of hydrogen-bond acceptors (Lipinski definition) is 2. The van der Waals surface area contributed by atoms with Crippen molar-refractivity contribution in [1.29, 1.82) is 0 Å². The van der Waals surface area contributed by atoms with Gasteiger partial charge in [-0.15, -0.1) is 17.0 Å². The number of carbonyl (C=O) groups is 1. The number of nitrogens with zero attached hydrogens (tertiary/aromatic N) is 2. The molecule has 1 aromatic heterocycles.